The molecule has 0 spiro atoms. The van der Waals surface area contributed by atoms with Crippen molar-refractivity contribution in [3.8, 4) is 84.9 Å². The summed E-state index contributed by atoms with van der Waals surface area (Å²) >= 11 is 0. The summed E-state index contributed by atoms with van der Waals surface area (Å²) in [5.41, 5.74) is 11.7. The maximum Gasteiger partial charge on any atom is 0.164 e. The van der Waals surface area contributed by atoms with Gasteiger partial charge in [0.15, 0.2) is 17.5 Å². The van der Waals surface area contributed by atoms with Crippen molar-refractivity contribution in [3.63, 3.8) is 0 Å². The van der Waals surface area contributed by atoms with Crippen LogP contribution in [0.25, 0.3) is 89.6 Å². The van der Waals surface area contributed by atoms with Crippen LogP contribution in [-0.4, -0.2) is 19.9 Å². The van der Waals surface area contributed by atoms with E-state index >= 15 is 0 Å². The second-order valence-electron chi connectivity index (χ2n) is 13.0. The third kappa shape index (κ3) is 6.41. The van der Waals surface area contributed by atoms with Gasteiger partial charge in [-0.3, -0.25) is 4.98 Å². The highest BCUT2D eigenvalue weighted by Crippen LogP contribution is 2.38. The largest absolute Gasteiger partial charge is 0.256 e. The summed E-state index contributed by atoms with van der Waals surface area (Å²) < 4.78 is 0. The third-order valence-electron chi connectivity index (χ3n) is 9.63. The van der Waals surface area contributed by atoms with Crippen molar-refractivity contribution in [1.82, 2.24) is 19.9 Å². The van der Waals surface area contributed by atoms with E-state index in [-0.39, 0.29) is 0 Å². The second-order valence-corrected chi connectivity index (χ2v) is 13.0. The van der Waals surface area contributed by atoms with Gasteiger partial charge in [0.2, 0.25) is 0 Å². The average molecular weight is 690 g/mol. The van der Waals surface area contributed by atoms with Crippen LogP contribution in [0.4, 0.5) is 0 Å². The summed E-state index contributed by atoms with van der Waals surface area (Å²) in [7, 11) is 0. The number of benzene rings is 7. The molecule has 5 nitrogen and oxygen atoms in total. The first kappa shape index (κ1) is 32.4. The number of hydrogen-bond acceptors (Lipinski definition) is 5. The normalized spacial score (nSPS) is 10.9. The van der Waals surface area contributed by atoms with Crippen LogP contribution in [-0.2, 0) is 0 Å². The SMILES string of the molecule is N#Cc1cc(-c2ccc(-c3ccccn3)cc2)cc(-c2ccc(-c3ccc(-c4nc(-c5ccccc5)nc(-c5ccccc5)n4)cc3)c3ccccc23)c1. The zero-order valence-corrected chi connectivity index (χ0v) is 29.1. The van der Waals surface area contributed by atoms with Gasteiger partial charge < -0.3 is 0 Å². The van der Waals surface area contributed by atoms with Gasteiger partial charge in [-0.05, 0) is 74.5 Å². The van der Waals surface area contributed by atoms with E-state index in [2.05, 4.69) is 102 Å². The van der Waals surface area contributed by atoms with Gasteiger partial charge in [-0.15, -0.1) is 0 Å². The molecule has 0 N–H and O–H groups in total. The smallest absolute Gasteiger partial charge is 0.164 e. The van der Waals surface area contributed by atoms with Gasteiger partial charge in [0.1, 0.15) is 0 Å². The summed E-state index contributed by atoms with van der Waals surface area (Å²) in [4.78, 5) is 19.1. The molecule has 54 heavy (non-hydrogen) atoms. The molecule has 9 rings (SSSR count). The molecule has 0 aliphatic carbocycles. The van der Waals surface area contributed by atoms with E-state index in [1.165, 1.54) is 0 Å². The van der Waals surface area contributed by atoms with Crippen molar-refractivity contribution < 1.29 is 0 Å². The van der Waals surface area contributed by atoms with Gasteiger partial charge in [-0.1, -0.05) is 152 Å². The number of aromatic nitrogens is 4. The zero-order valence-electron chi connectivity index (χ0n) is 29.1. The molecule has 252 valence electrons. The molecule has 0 fully saturated rings. The fourth-order valence-electron chi connectivity index (χ4n) is 6.92. The molecule has 7 aromatic carbocycles. The minimum absolute atomic E-state index is 0.615. The predicted octanol–water partition coefficient (Wildman–Crippen LogP) is 12.0. The van der Waals surface area contributed by atoms with Gasteiger partial charge in [0, 0.05) is 28.5 Å². The molecule has 0 saturated carbocycles. The Kier molecular flexibility index (Phi) is 8.53. The van der Waals surface area contributed by atoms with Crippen LogP contribution in [0.2, 0.25) is 0 Å². The molecule has 0 saturated heterocycles. The minimum Gasteiger partial charge on any atom is -0.256 e. The highest BCUT2D eigenvalue weighted by atomic mass is 15.0. The summed E-state index contributed by atoms with van der Waals surface area (Å²) in [5.74, 6) is 1.89. The first-order valence-electron chi connectivity index (χ1n) is 17.8. The van der Waals surface area contributed by atoms with Crippen LogP contribution in [0.1, 0.15) is 5.56 Å². The average Bonchev–Trinajstić information content (AvgIpc) is 3.26. The van der Waals surface area contributed by atoms with E-state index in [0.717, 1.165) is 72.1 Å². The Morgan fingerprint density at radius 3 is 1.37 bits per heavy atom. The van der Waals surface area contributed by atoms with Crippen molar-refractivity contribution in [2.45, 2.75) is 0 Å². The first-order valence-corrected chi connectivity index (χ1v) is 17.8. The third-order valence-corrected chi connectivity index (χ3v) is 9.63. The van der Waals surface area contributed by atoms with Crippen molar-refractivity contribution in [3.05, 3.63) is 194 Å². The van der Waals surface area contributed by atoms with Crippen LogP contribution >= 0.6 is 0 Å². The Labute approximate surface area is 313 Å². The van der Waals surface area contributed by atoms with Crippen molar-refractivity contribution in [2.24, 2.45) is 0 Å². The van der Waals surface area contributed by atoms with Crippen molar-refractivity contribution in [2.75, 3.05) is 0 Å². The van der Waals surface area contributed by atoms with E-state index in [1.54, 1.807) is 6.20 Å². The molecule has 0 unspecified atom stereocenters. The van der Waals surface area contributed by atoms with E-state index < -0.39 is 0 Å². The van der Waals surface area contributed by atoms with Crippen molar-refractivity contribution >= 4 is 10.8 Å². The van der Waals surface area contributed by atoms with E-state index in [1.807, 2.05) is 91.0 Å². The molecule has 9 aromatic rings. The van der Waals surface area contributed by atoms with E-state index in [4.69, 9.17) is 15.0 Å². The molecule has 0 radical (unpaired) electrons. The van der Waals surface area contributed by atoms with Crippen LogP contribution in [0.3, 0.4) is 0 Å². The molecule has 0 amide bonds. The van der Waals surface area contributed by atoms with E-state index in [9.17, 15) is 5.26 Å². The molecular weight excluding hydrogens is 659 g/mol. The molecule has 0 aliphatic heterocycles. The topological polar surface area (TPSA) is 75.3 Å². The number of fused-ring (bicyclic) bond motifs is 1. The van der Waals surface area contributed by atoms with Crippen LogP contribution in [0.5, 0.6) is 0 Å². The second kappa shape index (κ2) is 14.2. The summed E-state index contributed by atoms with van der Waals surface area (Å²) in [6.45, 7) is 0. The Morgan fingerprint density at radius 1 is 0.352 bits per heavy atom. The Hall–Kier alpha value is -7.55. The predicted molar refractivity (Wildman–Crippen MR) is 218 cm³/mol. The highest BCUT2D eigenvalue weighted by molar-refractivity contribution is 6.05. The summed E-state index contributed by atoms with van der Waals surface area (Å²) in [5, 5.41) is 12.3. The molecule has 0 atom stereocenters. The highest BCUT2D eigenvalue weighted by Gasteiger charge is 2.15. The lowest BCUT2D eigenvalue weighted by Crippen LogP contribution is -2.00. The van der Waals surface area contributed by atoms with Gasteiger partial charge in [0.05, 0.1) is 17.3 Å². The van der Waals surface area contributed by atoms with Crippen LogP contribution in [0.15, 0.2) is 188 Å². The molecule has 5 heteroatoms. The van der Waals surface area contributed by atoms with Gasteiger partial charge in [-0.2, -0.15) is 5.26 Å². The number of hydrogen-bond donors (Lipinski definition) is 0. The lowest BCUT2D eigenvalue weighted by Gasteiger charge is -2.14. The lowest BCUT2D eigenvalue weighted by atomic mass is 9.90. The Balaban J connectivity index is 1.08. The van der Waals surface area contributed by atoms with Crippen LogP contribution in [0, 0.1) is 11.3 Å². The zero-order chi connectivity index (χ0) is 36.3. The van der Waals surface area contributed by atoms with Crippen LogP contribution < -0.4 is 0 Å². The first-order chi connectivity index (χ1) is 26.7. The van der Waals surface area contributed by atoms with E-state index in [0.29, 0.717) is 23.0 Å². The quantitative estimate of drug-likeness (QED) is 0.166. The standard InChI is InChI=1S/C49H31N5/c50-32-33-29-40(34-18-22-36(23-19-34)46-17-9-10-28-51-46)31-41(30-33)43-27-26-42(44-15-7-8-16-45(43)44)35-20-24-39(25-21-35)49-53-47(37-11-3-1-4-12-37)52-48(54-49)38-13-5-2-6-14-38/h1-31H. The fraction of sp³-hybridized carbons (Fsp3) is 0. The summed E-state index contributed by atoms with van der Waals surface area (Å²) in [6.07, 6.45) is 1.80. The molecule has 0 aliphatic rings. The summed E-state index contributed by atoms with van der Waals surface area (Å²) in [6, 6.07) is 64.0. The monoisotopic (exact) mass is 689 g/mol. The fourth-order valence-corrected chi connectivity index (χ4v) is 6.92. The number of pyridine rings is 1. The van der Waals surface area contributed by atoms with Crippen molar-refractivity contribution in [1.29, 1.82) is 5.26 Å². The minimum atomic E-state index is 0.615. The lowest BCUT2D eigenvalue weighted by molar-refractivity contribution is 1.07. The number of rotatable bonds is 7. The molecule has 2 aromatic heterocycles. The number of nitrogens with zero attached hydrogens (tertiary/aromatic N) is 5. The van der Waals surface area contributed by atoms with Gasteiger partial charge >= 0.3 is 0 Å². The molecule has 2 heterocycles. The maximum atomic E-state index is 10.1. The van der Waals surface area contributed by atoms with Gasteiger partial charge in [-0.25, -0.2) is 15.0 Å². The molecular formula is C49H31N5. The Morgan fingerprint density at radius 2 is 0.815 bits per heavy atom. The van der Waals surface area contributed by atoms with Gasteiger partial charge in [0.25, 0.3) is 0 Å². The number of nitriles is 1. The maximum absolute atomic E-state index is 10.1. The Bertz CT molecular complexity index is 2730. The molecule has 0 bridgehead atoms.